The molecule has 2 atom stereocenters. The van der Waals surface area contributed by atoms with Crippen LogP contribution in [0.4, 0.5) is 5.82 Å². The van der Waals surface area contributed by atoms with E-state index in [0.29, 0.717) is 23.4 Å². The van der Waals surface area contributed by atoms with Crippen LogP contribution in [-0.2, 0) is 9.59 Å². The van der Waals surface area contributed by atoms with Crippen LogP contribution in [0.25, 0.3) is 0 Å². The molecule has 0 aliphatic rings. The fourth-order valence-electron chi connectivity index (χ4n) is 2.70. The van der Waals surface area contributed by atoms with E-state index in [2.05, 4.69) is 26.0 Å². The number of nitrogens with one attached hydrogen (secondary N) is 2. The summed E-state index contributed by atoms with van der Waals surface area (Å²) in [5.41, 5.74) is 0.872. The second kappa shape index (κ2) is 8.47. The van der Waals surface area contributed by atoms with E-state index in [9.17, 15) is 9.59 Å². The van der Waals surface area contributed by atoms with Gasteiger partial charge in [-0.1, -0.05) is 35.5 Å². The number of aryl methyl sites for hydroxylation is 2. The molecule has 2 heterocycles. The Balaban J connectivity index is 1.65. The van der Waals surface area contributed by atoms with Crippen LogP contribution in [-0.4, -0.2) is 33.2 Å². The molecule has 3 aromatic rings. The van der Waals surface area contributed by atoms with Gasteiger partial charge in [-0.2, -0.15) is 0 Å². The standard InChI is InChI=1S/C19H21N5O4/c1-11-9-16(24-28-11)21-18(26)12(2)20-17(25)10-15(14-7-5-4-6-8-14)19-23-22-13(3)27-19/h4-9,12,15H,10H2,1-3H3,(H,20,25)(H,21,24,26). The van der Waals surface area contributed by atoms with Crippen molar-refractivity contribution in [1.82, 2.24) is 20.7 Å². The third kappa shape index (κ3) is 4.81. The van der Waals surface area contributed by atoms with Gasteiger partial charge in [-0.15, -0.1) is 10.2 Å². The van der Waals surface area contributed by atoms with E-state index in [-0.39, 0.29) is 12.3 Å². The first-order chi connectivity index (χ1) is 13.4. The molecule has 3 rings (SSSR count). The van der Waals surface area contributed by atoms with Gasteiger partial charge in [0.1, 0.15) is 11.8 Å². The van der Waals surface area contributed by atoms with E-state index in [0.717, 1.165) is 5.56 Å². The number of anilines is 1. The first-order valence-electron chi connectivity index (χ1n) is 8.81. The van der Waals surface area contributed by atoms with E-state index in [1.807, 2.05) is 30.3 Å². The summed E-state index contributed by atoms with van der Waals surface area (Å²) < 4.78 is 10.4. The summed E-state index contributed by atoms with van der Waals surface area (Å²) in [4.78, 5) is 24.8. The molecule has 1 aromatic carbocycles. The Morgan fingerprint density at radius 3 is 2.50 bits per heavy atom. The summed E-state index contributed by atoms with van der Waals surface area (Å²) in [6, 6.07) is 10.2. The van der Waals surface area contributed by atoms with Gasteiger partial charge in [0.25, 0.3) is 0 Å². The third-order valence-electron chi connectivity index (χ3n) is 4.08. The molecule has 0 aliphatic carbocycles. The van der Waals surface area contributed by atoms with Gasteiger partial charge in [-0.25, -0.2) is 0 Å². The second-order valence-electron chi connectivity index (χ2n) is 6.43. The summed E-state index contributed by atoms with van der Waals surface area (Å²) >= 11 is 0. The van der Waals surface area contributed by atoms with Crippen molar-refractivity contribution in [2.24, 2.45) is 0 Å². The number of hydrogen-bond donors (Lipinski definition) is 2. The van der Waals surface area contributed by atoms with Crippen LogP contribution >= 0.6 is 0 Å². The Hall–Kier alpha value is -3.49. The Morgan fingerprint density at radius 2 is 1.89 bits per heavy atom. The highest BCUT2D eigenvalue weighted by Gasteiger charge is 2.25. The van der Waals surface area contributed by atoms with Gasteiger partial charge in [0.05, 0.1) is 5.92 Å². The second-order valence-corrected chi connectivity index (χ2v) is 6.43. The van der Waals surface area contributed by atoms with Gasteiger partial charge < -0.3 is 19.6 Å². The lowest BCUT2D eigenvalue weighted by atomic mass is 9.95. The van der Waals surface area contributed by atoms with Gasteiger partial charge in [-0.05, 0) is 19.4 Å². The van der Waals surface area contributed by atoms with E-state index in [1.54, 1.807) is 26.8 Å². The normalized spacial score (nSPS) is 13.0. The Morgan fingerprint density at radius 1 is 1.14 bits per heavy atom. The van der Waals surface area contributed by atoms with Gasteiger partial charge >= 0.3 is 0 Å². The highest BCUT2D eigenvalue weighted by molar-refractivity contribution is 5.96. The fraction of sp³-hybridized carbons (Fsp3) is 0.316. The molecular weight excluding hydrogens is 362 g/mol. The number of nitrogens with zero attached hydrogens (tertiary/aromatic N) is 3. The van der Waals surface area contributed by atoms with Gasteiger partial charge in [-0.3, -0.25) is 9.59 Å². The SMILES string of the molecule is Cc1cc(NC(=O)C(C)NC(=O)CC(c2ccccc2)c2nnc(C)o2)no1. The van der Waals surface area contributed by atoms with Gasteiger partial charge in [0, 0.05) is 19.4 Å². The molecule has 0 aliphatic heterocycles. The Labute approximate surface area is 161 Å². The van der Waals surface area contributed by atoms with Crippen molar-refractivity contribution in [3.05, 3.63) is 59.5 Å². The van der Waals surface area contributed by atoms with Gasteiger partial charge in [0.2, 0.25) is 23.6 Å². The first kappa shape index (κ1) is 19.3. The minimum atomic E-state index is -0.759. The minimum Gasteiger partial charge on any atom is -0.425 e. The molecule has 0 spiro atoms. The molecular formula is C19H21N5O4. The lowest BCUT2D eigenvalue weighted by Gasteiger charge is -2.16. The molecule has 0 bridgehead atoms. The lowest BCUT2D eigenvalue weighted by Crippen LogP contribution is -2.42. The first-order valence-corrected chi connectivity index (χ1v) is 8.81. The predicted octanol–water partition coefficient (Wildman–Crippen LogP) is 2.34. The van der Waals surface area contributed by atoms with Crippen molar-refractivity contribution < 1.29 is 18.5 Å². The van der Waals surface area contributed by atoms with Crippen LogP contribution in [0.5, 0.6) is 0 Å². The predicted molar refractivity (Wildman–Crippen MR) is 99.4 cm³/mol. The van der Waals surface area contributed by atoms with Crippen LogP contribution in [0, 0.1) is 13.8 Å². The van der Waals surface area contributed by atoms with Gasteiger partial charge in [0.15, 0.2) is 5.82 Å². The number of rotatable bonds is 7. The summed E-state index contributed by atoms with van der Waals surface area (Å²) in [5, 5.41) is 16.9. The monoisotopic (exact) mass is 383 g/mol. The topological polar surface area (TPSA) is 123 Å². The van der Waals surface area contributed by atoms with Crippen LogP contribution in [0.1, 0.15) is 42.4 Å². The zero-order chi connectivity index (χ0) is 20.1. The molecule has 0 saturated heterocycles. The van der Waals surface area contributed by atoms with Crippen LogP contribution in [0.15, 0.2) is 45.3 Å². The highest BCUT2D eigenvalue weighted by Crippen LogP contribution is 2.27. The maximum Gasteiger partial charge on any atom is 0.247 e. The molecule has 0 fully saturated rings. The average molecular weight is 383 g/mol. The van der Waals surface area contributed by atoms with Crippen molar-refractivity contribution in [1.29, 1.82) is 0 Å². The molecule has 146 valence electrons. The molecule has 28 heavy (non-hydrogen) atoms. The maximum atomic E-state index is 12.6. The molecule has 2 unspecified atom stereocenters. The summed E-state index contributed by atoms with van der Waals surface area (Å²) in [6.45, 7) is 5.00. The van der Waals surface area contributed by atoms with Crippen LogP contribution < -0.4 is 10.6 Å². The highest BCUT2D eigenvalue weighted by atomic mass is 16.5. The number of amides is 2. The van der Waals surface area contributed by atoms with Crippen molar-refractivity contribution >= 4 is 17.6 Å². The third-order valence-corrected chi connectivity index (χ3v) is 4.08. The van der Waals surface area contributed by atoms with Crippen LogP contribution in [0.3, 0.4) is 0 Å². The smallest absolute Gasteiger partial charge is 0.247 e. The number of hydrogen-bond acceptors (Lipinski definition) is 7. The zero-order valence-corrected chi connectivity index (χ0v) is 15.8. The van der Waals surface area contributed by atoms with Crippen molar-refractivity contribution in [2.75, 3.05) is 5.32 Å². The van der Waals surface area contributed by atoms with E-state index < -0.39 is 17.9 Å². The Bertz CT molecular complexity index is 950. The summed E-state index contributed by atoms with van der Waals surface area (Å²) in [5.74, 6) is 0.534. The van der Waals surface area contributed by atoms with E-state index in [1.165, 1.54) is 0 Å². The minimum absolute atomic E-state index is 0.0618. The maximum absolute atomic E-state index is 12.6. The van der Waals surface area contributed by atoms with Crippen molar-refractivity contribution in [3.8, 4) is 0 Å². The number of carbonyl (C=O) groups is 2. The summed E-state index contributed by atoms with van der Waals surface area (Å²) in [7, 11) is 0. The largest absolute Gasteiger partial charge is 0.425 e. The zero-order valence-electron chi connectivity index (χ0n) is 15.8. The average Bonchev–Trinajstić information content (AvgIpc) is 3.28. The fourth-order valence-corrected chi connectivity index (χ4v) is 2.70. The quantitative estimate of drug-likeness (QED) is 0.642. The molecule has 2 amide bonds. The molecule has 2 N–H and O–H groups in total. The molecule has 2 aromatic heterocycles. The number of aromatic nitrogens is 3. The van der Waals surface area contributed by atoms with Crippen LogP contribution in [0.2, 0.25) is 0 Å². The van der Waals surface area contributed by atoms with E-state index in [4.69, 9.17) is 8.94 Å². The lowest BCUT2D eigenvalue weighted by molar-refractivity contribution is -0.126. The van der Waals surface area contributed by atoms with E-state index >= 15 is 0 Å². The molecule has 0 saturated carbocycles. The molecule has 9 heteroatoms. The number of benzene rings is 1. The van der Waals surface area contributed by atoms with Crippen molar-refractivity contribution in [3.63, 3.8) is 0 Å². The summed E-state index contributed by atoms with van der Waals surface area (Å²) in [6.07, 6.45) is 0.0618. The Kier molecular flexibility index (Phi) is 5.83. The van der Waals surface area contributed by atoms with Crippen molar-refractivity contribution in [2.45, 2.75) is 39.2 Å². The molecule has 9 nitrogen and oxygen atoms in total. The molecule has 0 radical (unpaired) electrons. The number of carbonyl (C=O) groups excluding carboxylic acids is 2.